The number of alkyl halides is 3. The lowest BCUT2D eigenvalue weighted by Crippen LogP contribution is -2.35. The third-order valence-corrected chi connectivity index (χ3v) is 5.98. The molecule has 0 saturated carbocycles. The molecule has 1 aliphatic heterocycles. The number of halogens is 4. The highest BCUT2D eigenvalue weighted by molar-refractivity contribution is 5.96. The molecule has 1 atom stereocenters. The summed E-state index contributed by atoms with van der Waals surface area (Å²) in [5.74, 6) is -2.19. The highest BCUT2D eigenvalue weighted by Gasteiger charge is 2.50. The molecule has 0 radical (unpaired) electrons. The van der Waals surface area contributed by atoms with Crippen LogP contribution in [0, 0.1) is 11.2 Å². The third kappa shape index (κ3) is 3.32. The van der Waals surface area contributed by atoms with E-state index in [1.54, 1.807) is 17.6 Å². The minimum Gasteiger partial charge on any atom is -0.338 e. The number of benzene rings is 2. The van der Waals surface area contributed by atoms with Gasteiger partial charge in [-0.25, -0.2) is 9.87 Å². The second kappa shape index (κ2) is 7.09. The van der Waals surface area contributed by atoms with Crippen LogP contribution in [0.25, 0.3) is 0 Å². The molecular weight excluding hydrogens is 404 g/mol. The number of amides is 2. The molecule has 0 aromatic heterocycles. The van der Waals surface area contributed by atoms with Crippen LogP contribution in [0.2, 0.25) is 0 Å². The summed E-state index contributed by atoms with van der Waals surface area (Å²) in [7, 11) is 0. The van der Waals surface area contributed by atoms with Crippen molar-refractivity contribution in [1.29, 1.82) is 0 Å². The second-order valence-electron chi connectivity index (χ2n) is 7.81. The zero-order chi connectivity index (χ0) is 21.7. The lowest BCUT2D eigenvalue weighted by atomic mass is 9.83. The zero-order valence-corrected chi connectivity index (χ0v) is 15.7. The number of hydrogen-bond donors (Lipinski definition) is 2. The van der Waals surface area contributed by atoms with E-state index in [1.807, 2.05) is 6.07 Å². The molecule has 1 heterocycles. The van der Waals surface area contributed by atoms with E-state index in [0.717, 1.165) is 11.6 Å². The summed E-state index contributed by atoms with van der Waals surface area (Å²) in [6, 6.07) is 7.77. The summed E-state index contributed by atoms with van der Waals surface area (Å²) in [6.45, 7) is 0.396. The van der Waals surface area contributed by atoms with Gasteiger partial charge in [-0.2, -0.15) is 13.2 Å². The average molecular weight is 422 g/mol. The maximum absolute atomic E-state index is 13.9. The van der Waals surface area contributed by atoms with Crippen molar-refractivity contribution in [1.82, 2.24) is 10.4 Å². The molecule has 0 bridgehead atoms. The van der Waals surface area contributed by atoms with Gasteiger partial charge in [0.05, 0.1) is 11.0 Å². The summed E-state index contributed by atoms with van der Waals surface area (Å²) >= 11 is 0. The van der Waals surface area contributed by atoms with Gasteiger partial charge in [-0.1, -0.05) is 18.2 Å². The number of carbonyl (C=O) groups is 2. The molecule has 1 fully saturated rings. The fraction of sp³-hybridized carbons (Fsp3) is 0.333. The molecule has 5 nitrogen and oxygen atoms in total. The third-order valence-electron chi connectivity index (χ3n) is 5.98. The molecule has 2 N–H and O–H groups in total. The molecule has 9 heteroatoms. The van der Waals surface area contributed by atoms with Gasteiger partial charge in [0.1, 0.15) is 5.82 Å². The zero-order valence-electron chi connectivity index (χ0n) is 15.7. The Labute approximate surface area is 169 Å². The van der Waals surface area contributed by atoms with Crippen LogP contribution in [0.3, 0.4) is 0 Å². The van der Waals surface area contributed by atoms with Crippen molar-refractivity contribution in [3.63, 3.8) is 0 Å². The smallest absolute Gasteiger partial charge is 0.338 e. The van der Waals surface area contributed by atoms with Crippen LogP contribution in [0.5, 0.6) is 0 Å². The number of nitrogens with one attached hydrogen (secondary N) is 1. The minimum atomic E-state index is -4.77. The Morgan fingerprint density at radius 2 is 1.97 bits per heavy atom. The SMILES string of the molecule is O=C(NO)c1cccc2c1C[C@@]1(CCN(Cc3ccc(C(F)(F)F)c(F)c3)C1=O)C2. The topological polar surface area (TPSA) is 69.6 Å². The van der Waals surface area contributed by atoms with Gasteiger partial charge < -0.3 is 4.90 Å². The fourth-order valence-corrected chi connectivity index (χ4v) is 4.53. The second-order valence-corrected chi connectivity index (χ2v) is 7.81. The van der Waals surface area contributed by atoms with Crippen molar-refractivity contribution in [3.8, 4) is 0 Å². The number of carbonyl (C=O) groups excluding carboxylic acids is 2. The van der Waals surface area contributed by atoms with Crippen molar-refractivity contribution in [2.75, 3.05) is 6.54 Å². The largest absolute Gasteiger partial charge is 0.419 e. The normalized spacial score (nSPS) is 20.7. The summed E-state index contributed by atoms with van der Waals surface area (Å²) in [6.07, 6.45) is -3.48. The Bertz CT molecular complexity index is 1040. The average Bonchev–Trinajstić information content (AvgIpc) is 3.21. The summed E-state index contributed by atoms with van der Waals surface area (Å²) in [5.41, 5.74) is 1.69. The van der Waals surface area contributed by atoms with E-state index in [1.165, 1.54) is 11.0 Å². The predicted molar refractivity (Wildman–Crippen MR) is 97.0 cm³/mol. The number of nitrogens with zero attached hydrogens (tertiary/aromatic N) is 1. The fourth-order valence-electron chi connectivity index (χ4n) is 4.53. The molecule has 2 amide bonds. The van der Waals surface area contributed by atoms with Gasteiger partial charge in [0, 0.05) is 18.7 Å². The van der Waals surface area contributed by atoms with Gasteiger partial charge >= 0.3 is 6.18 Å². The van der Waals surface area contributed by atoms with Crippen molar-refractivity contribution < 1.29 is 32.4 Å². The molecule has 4 rings (SSSR count). The van der Waals surface area contributed by atoms with E-state index in [-0.39, 0.29) is 18.0 Å². The first-order chi connectivity index (χ1) is 14.1. The maximum Gasteiger partial charge on any atom is 0.419 e. The van der Waals surface area contributed by atoms with Gasteiger partial charge in [0.15, 0.2) is 0 Å². The van der Waals surface area contributed by atoms with Gasteiger partial charge in [-0.3, -0.25) is 14.8 Å². The summed E-state index contributed by atoms with van der Waals surface area (Å²) in [5, 5.41) is 8.95. The summed E-state index contributed by atoms with van der Waals surface area (Å²) in [4.78, 5) is 26.6. The quantitative estimate of drug-likeness (QED) is 0.452. The molecule has 0 unspecified atom stereocenters. The number of fused-ring (bicyclic) bond motifs is 1. The Kier molecular flexibility index (Phi) is 4.80. The molecule has 158 valence electrons. The van der Waals surface area contributed by atoms with E-state index in [2.05, 4.69) is 0 Å². The van der Waals surface area contributed by atoms with E-state index < -0.39 is 28.9 Å². The molecule has 1 spiro atoms. The van der Waals surface area contributed by atoms with Crippen molar-refractivity contribution >= 4 is 11.8 Å². The molecule has 2 aromatic carbocycles. The van der Waals surface area contributed by atoms with Crippen molar-refractivity contribution in [2.24, 2.45) is 5.41 Å². The number of hydroxylamine groups is 1. The molecule has 1 aliphatic carbocycles. The van der Waals surface area contributed by atoms with E-state index in [0.29, 0.717) is 43.0 Å². The van der Waals surface area contributed by atoms with Gasteiger partial charge in [-0.15, -0.1) is 0 Å². The highest BCUT2D eigenvalue weighted by atomic mass is 19.4. The van der Waals surface area contributed by atoms with Crippen LogP contribution in [0.4, 0.5) is 17.6 Å². The number of likely N-dealkylation sites (tertiary alicyclic amines) is 1. The monoisotopic (exact) mass is 422 g/mol. The first-order valence-electron chi connectivity index (χ1n) is 9.35. The Hall–Kier alpha value is -2.94. The first kappa shape index (κ1) is 20.3. The highest BCUT2D eigenvalue weighted by Crippen LogP contribution is 2.46. The van der Waals surface area contributed by atoms with Gasteiger partial charge in [-0.05, 0) is 54.2 Å². The molecule has 30 heavy (non-hydrogen) atoms. The van der Waals surface area contributed by atoms with Crippen LogP contribution in [-0.2, 0) is 30.4 Å². The predicted octanol–water partition coefficient (Wildman–Crippen LogP) is 3.48. The maximum atomic E-state index is 13.9. The molecule has 2 aliphatic rings. The first-order valence-corrected chi connectivity index (χ1v) is 9.35. The van der Waals surface area contributed by atoms with E-state index in [9.17, 15) is 27.2 Å². The number of rotatable bonds is 3. The van der Waals surface area contributed by atoms with E-state index >= 15 is 0 Å². The van der Waals surface area contributed by atoms with Crippen LogP contribution in [0.1, 0.15) is 39.0 Å². The van der Waals surface area contributed by atoms with Crippen molar-refractivity contribution in [3.05, 3.63) is 70.0 Å². The van der Waals surface area contributed by atoms with E-state index in [4.69, 9.17) is 5.21 Å². The lowest BCUT2D eigenvalue weighted by molar-refractivity contribution is -0.140. The Morgan fingerprint density at radius 1 is 1.20 bits per heavy atom. The van der Waals surface area contributed by atoms with Gasteiger partial charge in [0.25, 0.3) is 5.91 Å². The number of hydrogen-bond acceptors (Lipinski definition) is 3. The standard InChI is InChI=1S/C21H18F4N2O3/c22-17-8-12(4-5-16(17)21(23,24)25)11-27-7-6-20(19(27)29)9-13-2-1-3-14(15(13)10-20)18(28)26-30/h1-5,8,30H,6-7,9-11H2,(H,26,28)/t20-/m1/s1. The molecule has 1 saturated heterocycles. The van der Waals surface area contributed by atoms with Crippen LogP contribution >= 0.6 is 0 Å². The van der Waals surface area contributed by atoms with Crippen LogP contribution < -0.4 is 5.48 Å². The van der Waals surface area contributed by atoms with Gasteiger partial charge in [0.2, 0.25) is 5.91 Å². The van der Waals surface area contributed by atoms with Crippen LogP contribution in [-0.4, -0.2) is 28.5 Å². The molecule has 2 aromatic rings. The minimum absolute atomic E-state index is 0.00989. The Balaban J connectivity index is 1.54. The lowest BCUT2D eigenvalue weighted by Gasteiger charge is -2.23. The summed E-state index contributed by atoms with van der Waals surface area (Å²) < 4.78 is 52.1. The Morgan fingerprint density at radius 3 is 2.63 bits per heavy atom. The van der Waals surface area contributed by atoms with Crippen molar-refractivity contribution in [2.45, 2.75) is 32.0 Å². The van der Waals surface area contributed by atoms with Crippen LogP contribution in [0.15, 0.2) is 36.4 Å². The molecular formula is C21H18F4N2O3.